The van der Waals surface area contributed by atoms with Crippen molar-refractivity contribution in [1.82, 2.24) is 10.6 Å². The lowest BCUT2D eigenvalue weighted by Crippen LogP contribution is -2.43. The second kappa shape index (κ2) is 7.30. The van der Waals surface area contributed by atoms with E-state index in [1.54, 1.807) is 30.3 Å². The Labute approximate surface area is 138 Å². The molecule has 0 spiro atoms. The molecule has 23 heavy (non-hydrogen) atoms. The van der Waals surface area contributed by atoms with E-state index < -0.39 is 17.4 Å². The van der Waals surface area contributed by atoms with Gasteiger partial charge in [-0.15, -0.1) is 0 Å². The van der Waals surface area contributed by atoms with Gasteiger partial charge in [0, 0.05) is 10.6 Å². The van der Waals surface area contributed by atoms with Crippen LogP contribution < -0.4 is 10.6 Å². The van der Waals surface area contributed by atoms with Gasteiger partial charge >= 0.3 is 0 Å². The summed E-state index contributed by atoms with van der Waals surface area (Å²) in [6, 6.07) is 9.68. The topological polar surface area (TPSA) is 91.6 Å². The molecule has 2 rings (SSSR count). The van der Waals surface area contributed by atoms with Gasteiger partial charge in [0.25, 0.3) is 5.91 Å². The summed E-state index contributed by atoms with van der Waals surface area (Å²) < 4.78 is 5.11. The summed E-state index contributed by atoms with van der Waals surface area (Å²) in [5, 5.41) is 15.7. The Bertz CT molecular complexity index is 683. The first-order chi connectivity index (χ1) is 10.9. The van der Waals surface area contributed by atoms with Crippen molar-refractivity contribution in [2.75, 3.05) is 13.1 Å². The van der Waals surface area contributed by atoms with Crippen molar-refractivity contribution < 1.29 is 19.1 Å². The van der Waals surface area contributed by atoms with E-state index in [0.717, 1.165) is 0 Å². The van der Waals surface area contributed by atoms with E-state index >= 15 is 0 Å². The largest absolute Gasteiger partial charge is 0.466 e. The molecule has 1 heterocycles. The van der Waals surface area contributed by atoms with Crippen molar-refractivity contribution in [3.63, 3.8) is 0 Å². The summed E-state index contributed by atoms with van der Waals surface area (Å²) in [6.45, 7) is 1.28. The van der Waals surface area contributed by atoms with Crippen LogP contribution >= 0.6 is 11.6 Å². The number of halogens is 1. The van der Waals surface area contributed by atoms with Crippen LogP contribution in [-0.2, 0) is 10.4 Å². The Morgan fingerprint density at radius 3 is 2.70 bits per heavy atom. The van der Waals surface area contributed by atoms with Gasteiger partial charge < -0.3 is 20.2 Å². The van der Waals surface area contributed by atoms with Crippen LogP contribution in [0.4, 0.5) is 0 Å². The molecule has 3 N–H and O–H groups in total. The zero-order valence-corrected chi connectivity index (χ0v) is 13.3. The standard InChI is InChI=1S/C16H17ClN2O4/c1-16(22,13-6-3-7-23-13)10-19-14(20)9-18-15(21)11-4-2-5-12(17)8-11/h2-8,22H,9-10H2,1H3,(H,18,21)(H,19,20). The molecule has 1 aromatic carbocycles. The Kier molecular flexibility index (Phi) is 5.41. The molecule has 0 aliphatic carbocycles. The number of carbonyl (C=O) groups excluding carboxylic acids is 2. The number of carbonyl (C=O) groups is 2. The molecule has 0 saturated heterocycles. The Hall–Kier alpha value is -2.31. The SMILES string of the molecule is CC(O)(CNC(=O)CNC(=O)c1cccc(Cl)c1)c1ccco1. The van der Waals surface area contributed by atoms with Gasteiger partial charge in [0.15, 0.2) is 0 Å². The molecule has 0 bridgehead atoms. The molecule has 0 aliphatic rings. The minimum Gasteiger partial charge on any atom is -0.466 e. The predicted molar refractivity (Wildman–Crippen MR) is 85.1 cm³/mol. The summed E-state index contributed by atoms with van der Waals surface area (Å²) in [7, 11) is 0. The van der Waals surface area contributed by atoms with Gasteiger partial charge in [-0.05, 0) is 37.3 Å². The molecule has 1 unspecified atom stereocenters. The van der Waals surface area contributed by atoms with Crippen LogP contribution in [0.5, 0.6) is 0 Å². The van der Waals surface area contributed by atoms with Crippen molar-refractivity contribution >= 4 is 23.4 Å². The first-order valence-corrected chi connectivity index (χ1v) is 7.33. The van der Waals surface area contributed by atoms with Crippen LogP contribution in [0, 0.1) is 0 Å². The zero-order valence-electron chi connectivity index (χ0n) is 12.5. The van der Waals surface area contributed by atoms with E-state index in [2.05, 4.69) is 10.6 Å². The van der Waals surface area contributed by atoms with Gasteiger partial charge in [0.05, 0.1) is 19.4 Å². The number of rotatable bonds is 6. The number of aliphatic hydroxyl groups is 1. The zero-order chi connectivity index (χ0) is 16.9. The van der Waals surface area contributed by atoms with Crippen molar-refractivity contribution in [3.8, 4) is 0 Å². The molecular formula is C16H17ClN2O4. The molecule has 1 atom stereocenters. The molecule has 7 heteroatoms. The maximum Gasteiger partial charge on any atom is 0.251 e. The van der Waals surface area contributed by atoms with E-state index in [0.29, 0.717) is 16.3 Å². The third-order valence-electron chi connectivity index (χ3n) is 3.18. The molecule has 2 amide bonds. The molecule has 0 aliphatic heterocycles. The third kappa shape index (κ3) is 4.84. The summed E-state index contributed by atoms with van der Waals surface area (Å²) in [5.41, 5.74) is -0.955. The molecule has 122 valence electrons. The lowest BCUT2D eigenvalue weighted by Gasteiger charge is -2.21. The van der Waals surface area contributed by atoms with Gasteiger partial charge in [-0.1, -0.05) is 17.7 Å². The Morgan fingerprint density at radius 2 is 2.04 bits per heavy atom. The molecule has 1 aromatic heterocycles. The monoisotopic (exact) mass is 336 g/mol. The first kappa shape index (κ1) is 17.1. The van der Waals surface area contributed by atoms with Crippen LogP contribution in [0.1, 0.15) is 23.0 Å². The van der Waals surface area contributed by atoms with E-state index in [9.17, 15) is 14.7 Å². The first-order valence-electron chi connectivity index (χ1n) is 6.95. The van der Waals surface area contributed by atoms with Crippen LogP contribution in [-0.4, -0.2) is 30.0 Å². The fourth-order valence-corrected chi connectivity index (χ4v) is 2.09. The van der Waals surface area contributed by atoms with Gasteiger partial charge in [-0.2, -0.15) is 0 Å². The van der Waals surface area contributed by atoms with Gasteiger partial charge in [-0.3, -0.25) is 9.59 Å². The number of hydrogen-bond donors (Lipinski definition) is 3. The summed E-state index contributed by atoms with van der Waals surface area (Å²) in [5.74, 6) is -0.478. The maximum absolute atomic E-state index is 11.9. The van der Waals surface area contributed by atoms with Gasteiger partial charge in [0.2, 0.25) is 5.91 Å². The van der Waals surface area contributed by atoms with Crippen molar-refractivity contribution in [1.29, 1.82) is 0 Å². The quantitative estimate of drug-likeness (QED) is 0.748. The lowest BCUT2D eigenvalue weighted by molar-refractivity contribution is -0.121. The highest BCUT2D eigenvalue weighted by Gasteiger charge is 2.26. The third-order valence-corrected chi connectivity index (χ3v) is 3.41. The fourth-order valence-electron chi connectivity index (χ4n) is 1.90. The normalized spacial score (nSPS) is 13.2. The highest BCUT2D eigenvalue weighted by molar-refractivity contribution is 6.30. The number of nitrogens with one attached hydrogen (secondary N) is 2. The average molecular weight is 337 g/mol. The molecule has 6 nitrogen and oxygen atoms in total. The maximum atomic E-state index is 11.9. The second-order valence-corrected chi connectivity index (χ2v) is 5.66. The lowest BCUT2D eigenvalue weighted by atomic mass is 10.0. The fraction of sp³-hybridized carbons (Fsp3) is 0.250. The van der Waals surface area contributed by atoms with Gasteiger partial charge in [0.1, 0.15) is 11.4 Å². The van der Waals surface area contributed by atoms with Crippen LogP contribution in [0.15, 0.2) is 47.1 Å². The summed E-state index contributed by atoms with van der Waals surface area (Å²) in [6.07, 6.45) is 1.44. The highest BCUT2D eigenvalue weighted by atomic mass is 35.5. The molecule has 0 radical (unpaired) electrons. The number of benzene rings is 1. The predicted octanol–water partition coefficient (Wildman–Crippen LogP) is 1.69. The number of furan rings is 1. The van der Waals surface area contributed by atoms with Crippen molar-refractivity contribution in [2.24, 2.45) is 0 Å². The number of amides is 2. The summed E-state index contributed by atoms with van der Waals surface area (Å²) in [4.78, 5) is 23.6. The van der Waals surface area contributed by atoms with E-state index in [1.165, 1.54) is 19.3 Å². The van der Waals surface area contributed by atoms with Crippen molar-refractivity contribution in [3.05, 3.63) is 59.0 Å². The summed E-state index contributed by atoms with van der Waals surface area (Å²) >= 11 is 5.80. The second-order valence-electron chi connectivity index (χ2n) is 5.22. The van der Waals surface area contributed by atoms with Crippen LogP contribution in [0.2, 0.25) is 5.02 Å². The van der Waals surface area contributed by atoms with E-state index in [-0.39, 0.29) is 13.1 Å². The highest BCUT2D eigenvalue weighted by Crippen LogP contribution is 2.19. The Balaban J connectivity index is 1.80. The van der Waals surface area contributed by atoms with E-state index in [1.807, 2.05) is 0 Å². The smallest absolute Gasteiger partial charge is 0.251 e. The minimum atomic E-state index is -1.32. The van der Waals surface area contributed by atoms with Gasteiger partial charge in [-0.25, -0.2) is 0 Å². The number of hydrogen-bond acceptors (Lipinski definition) is 4. The molecule has 0 saturated carbocycles. The molecule has 0 fully saturated rings. The van der Waals surface area contributed by atoms with Crippen molar-refractivity contribution in [2.45, 2.75) is 12.5 Å². The minimum absolute atomic E-state index is 0.0353. The van der Waals surface area contributed by atoms with Crippen LogP contribution in [0.3, 0.4) is 0 Å². The molecular weight excluding hydrogens is 320 g/mol. The van der Waals surface area contributed by atoms with Crippen LogP contribution in [0.25, 0.3) is 0 Å². The Morgan fingerprint density at radius 1 is 1.26 bits per heavy atom. The average Bonchev–Trinajstić information content (AvgIpc) is 3.06. The molecule has 2 aromatic rings. The van der Waals surface area contributed by atoms with E-state index in [4.69, 9.17) is 16.0 Å².